The second-order valence-corrected chi connectivity index (χ2v) is 8.82. The van der Waals surface area contributed by atoms with Crippen LogP contribution in [0.2, 0.25) is 0 Å². The molecule has 2 amide bonds. The lowest BCUT2D eigenvalue weighted by atomic mass is 10.2. The highest BCUT2D eigenvalue weighted by molar-refractivity contribution is 7.89. The summed E-state index contributed by atoms with van der Waals surface area (Å²) >= 11 is 0. The van der Waals surface area contributed by atoms with Crippen LogP contribution < -0.4 is 10.2 Å². The van der Waals surface area contributed by atoms with Gasteiger partial charge in [-0.1, -0.05) is 0 Å². The van der Waals surface area contributed by atoms with E-state index in [0.29, 0.717) is 24.3 Å². The molecule has 2 aromatic rings. The van der Waals surface area contributed by atoms with Crippen LogP contribution in [0.3, 0.4) is 0 Å². The van der Waals surface area contributed by atoms with Gasteiger partial charge in [0.1, 0.15) is 5.82 Å². The van der Waals surface area contributed by atoms with Crippen LogP contribution in [0.15, 0.2) is 47.5 Å². The largest absolute Gasteiger partial charge is 0.348 e. The van der Waals surface area contributed by atoms with E-state index in [-0.39, 0.29) is 23.3 Å². The lowest BCUT2D eigenvalue weighted by molar-refractivity contribution is -0.117. The molecular formula is C19H22N4O4S. The zero-order valence-corrected chi connectivity index (χ0v) is 16.6. The van der Waals surface area contributed by atoms with Gasteiger partial charge in [0.25, 0.3) is 5.91 Å². The molecule has 1 fully saturated rings. The second-order valence-electron chi connectivity index (χ2n) is 6.67. The van der Waals surface area contributed by atoms with E-state index in [0.717, 1.165) is 16.3 Å². The zero-order valence-electron chi connectivity index (χ0n) is 15.8. The third-order valence-electron chi connectivity index (χ3n) is 4.51. The van der Waals surface area contributed by atoms with Gasteiger partial charge >= 0.3 is 0 Å². The molecule has 0 aliphatic carbocycles. The monoisotopic (exact) mass is 402 g/mol. The minimum Gasteiger partial charge on any atom is -0.348 e. The molecule has 1 aliphatic heterocycles. The molecular weight excluding hydrogens is 380 g/mol. The zero-order chi connectivity index (χ0) is 20.3. The Hall–Kier alpha value is -2.78. The minimum atomic E-state index is -3.53. The predicted molar refractivity (Wildman–Crippen MR) is 104 cm³/mol. The molecule has 2 heterocycles. The van der Waals surface area contributed by atoms with Gasteiger partial charge in [-0.25, -0.2) is 17.7 Å². The molecule has 1 aliphatic rings. The molecule has 3 rings (SSSR count). The van der Waals surface area contributed by atoms with E-state index in [1.807, 2.05) is 0 Å². The first-order valence-corrected chi connectivity index (χ1v) is 10.3. The van der Waals surface area contributed by atoms with E-state index >= 15 is 0 Å². The summed E-state index contributed by atoms with van der Waals surface area (Å²) in [5, 5.41) is 2.80. The number of carbonyl (C=O) groups excluding carboxylic acids is 2. The summed E-state index contributed by atoms with van der Waals surface area (Å²) in [4.78, 5) is 30.2. The van der Waals surface area contributed by atoms with E-state index in [2.05, 4.69) is 10.3 Å². The summed E-state index contributed by atoms with van der Waals surface area (Å²) in [6, 6.07) is 9.34. The van der Waals surface area contributed by atoms with E-state index in [1.165, 1.54) is 38.4 Å². The van der Waals surface area contributed by atoms with Gasteiger partial charge < -0.3 is 5.32 Å². The molecule has 0 unspecified atom stereocenters. The van der Waals surface area contributed by atoms with Crippen LogP contribution in [0.4, 0.5) is 5.82 Å². The Bertz CT molecular complexity index is 987. The van der Waals surface area contributed by atoms with Crippen molar-refractivity contribution < 1.29 is 18.0 Å². The Labute approximate surface area is 164 Å². The Morgan fingerprint density at radius 2 is 1.93 bits per heavy atom. The molecule has 1 aromatic carbocycles. The molecule has 1 aromatic heterocycles. The van der Waals surface area contributed by atoms with Gasteiger partial charge in [0.05, 0.1) is 4.90 Å². The summed E-state index contributed by atoms with van der Waals surface area (Å²) < 4.78 is 25.3. The smallest absolute Gasteiger partial charge is 0.251 e. The topological polar surface area (TPSA) is 99.7 Å². The molecule has 0 radical (unpaired) electrons. The highest BCUT2D eigenvalue weighted by Crippen LogP contribution is 2.20. The van der Waals surface area contributed by atoms with Crippen molar-refractivity contribution in [2.24, 2.45) is 0 Å². The number of amides is 2. The SMILES string of the molecule is CN(C)S(=O)(=O)c1ccc(C(=O)NCc2ccnc(N3CCCC3=O)c2)cc1. The molecule has 1 N–H and O–H groups in total. The number of rotatable bonds is 6. The van der Waals surface area contributed by atoms with E-state index in [1.54, 1.807) is 23.2 Å². The van der Waals surface area contributed by atoms with Crippen LogP contribution in [-0.4, -0.2) is 50.2 Å². The van der Waals surface area contributed by atoms with E-state index < -0.39 is 10.0 Å². The van der Waals surface area contributed by atoms with Crippen LogP contribution in [0.25, 0.3) is 0 Å². The molecule has 8 nitrogen and oxygen atoms in total. The number of nitrogens with zero attached hydrogens (tertiary/aromatic N) is 3. The van der Waals surface area contributed by atoms with Crippen molar-refractivity contribution in [1.82, 2.24) is 14.6 Å². The minimum absolute atomic E-state index is 0.0569. The first-order chi connectivity index (χ1) is 13.3. The highest BCUT2D eigenvalue weighted by Gasteiger charge is 2.23. The highest BCUT2D eigenvalue weighted by atomic mass is 32.2. The molecule has 0 atom stereocenters. The number of nitrogens with one attached hydrogen (secondary N) is 1. The van der Waals surface area contributed by atoms with Crippen molar-refractivity contribution >= 4 is 27.7 Å². The summed E-state index contributed by atoms with van der Waals surface area (Å²) in [5.41, 5.74) is 1.19. The Balaban J connectivity index is 1.65. The lowest BCUT2D eigenvalue weighted by Gasteiger charge is -2.15. The normalized spacial score (nSPS) is 14.5. The number of anilines is 1. The number of aromatic nitrogens is 1. The number of pyridine rings is 1. The predicted octanol–water partition coefficient (Wildman–Crippen LogP) is 1.39. The quantitative estimate of drug-likeness (QED) is 0.787. The third kappa shape index (κ3) is 4.20. The van der Waals surface area contributed by atoms with Gasteiger partial charge in [-0.3, -0.25) is 14.5 Å². The molecule has 1 saturated heterocycles. The third-order valence-corrected chi connectivity index (χ3v) is 6.34. The second kappa shape index (κ2) is 8.07. The summed E-state index contributed by atoms with van der Waals surface area (Å²) in [6.07, 6.45) is 2.96. The van der Waals surface area contributed by atoms with Crippen LogP contribution >= 0.6 is 0 Å². The summed E-state index contributed by atoms with van der Waals surface area (Å²) in [7, 11) is -0.624. The van der Waals surface area contributed by atoms with Crippen LogP contribution in [0.5, 0.6) is 0 Å². The maximum atomic E-state index is 12.4. The number of hydrogen-bond donors (Lipinski definition) is 1. The number of benzene rings is 1. The molecule has 148 valence electrons. The fourth-order valence-electron chi connectivity index (χ4n) is 2.88. The summed E-state index contributed by atoms with van der Waals surface area (Å²) in [5.74, 6) is 0.332. The Morgan fingerprint density at radius 1 is 1.21 bits per heavy atom. The molecule has 0 spiro atoms. The average molecular weight is 402 g/mol. The summed E-state index contributed by atoms with van der Waals surface area (Å²) in [6.45, 7) is 0.929. The van der Waals surface area contributed by atoms with E-state index in [9.17, 15) is 18.0 Å². The number of sulfonamides is 1. The fourth-order valence-corrected chi connectivity index (χ4v) is 3.78. The van der Waals surface area contributed by atoms with Crippen molar-refractivity contribution in [1.29, 1.82) is 0 Å². The average Bonchev–Trinajstić information content (AvgIpc) is 3.12. The number of carbonyl (C=O) groups is 2. The maximum absolute atomic E-state index is 12.4. The van der Waals surface area contributed by atoms with Crippen molar-refractivity contribution in [3.8, 4) is 0 Å². The lowest BCUT2D eigenvalue weighted by Crippen LogP contribution is -2.26. The van der Waals surface area contributed by atoms with Gasteiger partial charge in [0.2, 0.25) is 15.9 Å². The standard InChI is InChI=1S/C19H22N4O4S/c1-22(2)28(26,27)16-7-5-15(6-8-16)19(25)21-13-14-9-10-20-17(12-14)23-11-3-4-18(23)24/h5-10,12H,3-4,11,13H2,1-2H3,(H,21,25). The number of hydrogen-bond acceptors (Lipinski definition) is 5. The van der Waals surface area contributed by atoms with Crippen LogP contribution in [0.1, 0.15) is 28.8 Å². The fraction of sp³-hybridized carbons (Fsp3) is 0.316. The van der Waals surface area contributed by atoms with Gasteiger partial charge in [-0.2, -0.15) is 0 Å². The van der Waals surface area contributed by atoms with Gasteiger partial charge in [-0.15, -0.1) is 0 Å². The van der Waals surface area contributed by atoms with Crippen molar-refractivity contribution in [2.45, 2.75) is 24.3 Å². The molecule has 0 saturated carbocycles. The van der Waals surface area contributed by atoms with E-state index in [4.69, 9.17) is 0 Å². The van der Waals surface area contributed by atoms with Crippen molar-refractivity contribution in [3.63, 3.8) is 0 Å². The first kappa shape index (κ1) is 20.0. The Kier molecular flexibility index (Phi) is 5.76. The molecule has 28 heavy (non-hydrogen) atoms. The van der Waals surface area contributed by atoms with Gasteiger partial charge in [0, 0.05) is 45.4 Å². The first-order valence-electron chi connectivity index (χ1n) is 8.85. The maximum Gasteiger partial charge on any atom is 0.251 e. The van der Waals surface area contributed by atoms with Crippen molar-refractivity contribution in [2.75, 3.05) is 25.5 Å². The van der Waals surface area contributed by atoms with Gasteiger partial charge in [0.15, 0.2) is 0 Å². The molecule has 9 heteroatoms. The van der Waals surface area contributed by atoms with Gasteiger partial charge in [-0.05, 0) is 48.4 Å². The molecule has 0 bridgehead atoms. The van der Waals surface area contributed by atoms with Crippen LogP contribution in [0, 0.1) is 0 Å². The van der Waals surface area contributed by atoms with Crippen LogP contribution in [-0.2, 0) is 21.4 Å². The Morgan fingerprint density at radius 3 is 2.54 bits per heavy atom. The van der Waals surface area contributed by atoms with Crippen molar-refractivity contribution in [3.05, 3.63) is 53.7 Å².